The van der Waals surface area contributed by atoms with Crippen LogP contribution in [0.4, 0.5) is 5.69 Å². The molecular formula is C25H32N4O2. The molecule has 6 heteroatoms. The number of hydrogen-bond donors (Lipinski definition) is 1. The maximum absolute atomic E-state index is 13.8. The van der Waals surface area contributed by atoms with Gasteiger partial charge in [0.15, 0.2) is 0 Å². The zero-order valence-electron chi connectivity index (χ0n) is 18.6. The van der Waals surface area contributed by atoms with Gasteiger partial charge in [-0.2, -0.15) is 0 Å². The van der Waals surface area contributed by atoms with Gasteiger partial charge in [0.1, 0.15) is 17.5 Å². The van der Waals surface area contributed by atoms with E-state index in [0.717, 1.165) is 43.6 Å². The molecule has 0 unspecified atom stereocenters. The van der Waals surface area contributed by atoms with Gasteiger partial charge in [-0.3, -0.25) is 4.79 Å². The van der Waals surface area contributed by atoms with Gasteiger partial charge < -0.3 is 19.6 Å². The van der Waals surface area contributed by atoms with Crippen LogP contribution >= 0.6 is 0 Å². The first-order chi connectivity index (χ1) is 15.1. The molecule has 1 aliphatic carbocycles. The smallest absolute Gasteiger partial charge is 0.240 e. The van der Waals surface area contributed by atoms with Crippen molar-refractivity contribution in [1.82, 2.24) is 14.9 Å². The van der Waals surface area contributed by atoms with Crippen LogP contribution < -0.4 is 10.2 Å². The number of carbonyl (C=O) groups is 2. The first-order valence-corrected chi connectivity index (χ1v) is 11.7. The third-order valence-corrected chi connectivity index (χ3v) is 7.29. The number of unbranched alkanes of at least 4 members (excludes halogenated alkanes) is 1. The van der Waals surface area contributed by atoms with Crippen LogP contribution in [-0.2, 0) is 40.9 Å². The summed E-state index contributed by atoms with van der Waals surface area (Å²) in [7, 11) is 0. The summed E-state index contributed by atoms with van der Waals surface area (Å²) < 4.78 is 2.31. The molecule has 0 atom stereocenters. The lowest BCUT2D eigenvalue weighted by molar-refractivity contribution is -0.125. The zero-order chi connectivity index (χ0) is 21.6. The van der Waals surface area contributed by atoms with E-state index in [1.807, 2.05) is 4.90 Å². The summed E-state index contributed by atoms with van der Waals surface area (Å²) >= 11 is 0. The molecule has 1 spiro atoms. The monoisotopic (exact) mass is 420 g/mol. The van der Waals surface area contributed by atoms with E-state index in [4.69, 9.17) is 4.98 Å². The van der Waals surface area contributed by atoms with Crippen LogP contribution in [0.3, 0.4) is 0 Å². The van der Waals surface area contributed by atoms with Crippen LogP contribution in [0, 0.1) is 0 Å². The second-order valence-electron chi connectivity index (χ2n) is 9.56. The van der Waals surface area contributed by atoms with Crippen molar-refractivity contribution in [2.24, 2.45) is 0 Å². The van der Waals surface area contributed by atoms with Gasteiger partial charge in [0.05, 0.1) is 12.2 Å². The van der Waals surface area contributed by atoms with E-state index in [1.54, 1.807) is 0 Å². The zero-order valence-corrected chi connectivity index (χ0v) is 18.6. The van der Waals surface area contributed by atoms with Gasteiger partial charge in [0.2, 0.25) is 5.91 Å². The third-order valence-electron chi connectivity index (χ3n) is 7.29. The summed E-state index contributed by atoms with van der Waals surface area (Å²) in [6.07, 6.45) is 6.78. The van der Waals surface area contributed by atoms with Crippen LogP contribution in [0.1, 0.15) is 73.8 Å². The second-order valence-corrected chi connectivity index (χ2v) is 9.56. The molecule has 1 aromatic heterocycles. The van der Waals surface area contributed by atoms with Gasteiger partial charge in [-0.1, -0.05) is 26.0 Å². The van der Waals surface area contributed by atoms with E-state index in [9.17, 15) is 9.59 Å². The molecule has 164 valence electrons. The quantitative estimate of drug-likeness (QED) is 0.552. The van der Waals surface area contributed by atoms with E-state index in [-0.39, 0.29) is 5.91 Å². The highest BCUT2D eigenvalue weighted by atomic mass is 16.2. The van der Waals surface area contributed by atoms with Crippen LogP contribution in [0.2, 0.25) is 0 Å². The molecule has 2 aromatic rings. The topological polar surface area (TPSA) is 67.2 Å². The standard InChI is InChI=1S/C25H32N4O2/c1-17(2)18-8-7-11-21-23(18)25(15-26-16-25)24(31)29(21)14-22-27-19-9-3-4-10-20(19)28(22)12-5-6-13-30/h7-8,11,13,17,26H,3-6,9-10,12,14-16H2,1-2H3. The number of rotatable bonds is 7. The van der Waals surface area contributed by atoms with Crippen LogP contribution in [0.25, 0.3) is 0 Å². The van der Waals surface area contributed by atoms with Crippen molar-refractivity contribution in [3.63, 3.8) is 0 Å². The number of imidazole rings is 1. The van der Waals surface area contributed by atoms with Gasteiger partial charge in [0.25, 0.3) is 0 Å². The molecule has 1 N–H and O–H groups in total. The SMILES string of the molecule is CC(C)c1cccc2c1C1(CNC1)C(=O)N2Cc1nc2c(n1CCCC=O)CCCC2. The number of aryl methyl sites for hydroxylation is 1. The van der Waals surface area contributed by atoms with E-state index < -0.39 is 5.41 Å². The number of fused-ring (bicyclic) bond motifs is 3. The summed E-state index contributed by atoms with van der Waals surface area (Å²) in [5.74, 6) is 1.55. The number of amides is 1. The normalized spacial score (nSPS) is 18.9. The van der Waals surface area contributed by atoms with Gasteiger partial charge in [-0.25, -0.2) is 4.98 Å². The number of carbonyl (C=O) groups excluding carboxylic acids is 2. The largest absolute Gasteiger partial charge is 0.330 e. The predicted molar refractivity (Wildman–Crippen MR) is 120 cm³/mol. The molecule has 0 saturated carbocycles. The highest BCUT2D eigenvalue weighted by molar-refractivity contribution is 6.09. The predicted octanol–water partition coefficient (Wildman–Crippen LogP) is 3.25. The van der Waals surface area contributed by atoms with Crippen molar-refractivity contribution >= 4 is 17.9 Å². The Morgan fingerprint density at radius 1 is 1.23 bits per heavy atom. The van der Waals surface area contributed by atoms with E-state index in [1.165, 1.54) is 35.4 Å². The van der Waals surface area contributed by atoms with Crippen LogP contribution in [-0.4, -0.2) is 34.8 Å². The highest BCUT2D eigenvalue weighted by Crippen LogP contribution is 2.48. The molecule has 1 aromatic carbocycles. The van der Waals surface area contributed by atoms with E-state index >= 15 is 0 Å². The Labute approximate surface area is 184 Å². The van der Waals surface area contributed by atoms with E-state index in [2.05, 4.69) is 41.9 Å². The maximum atomic E-state index is 13.8. The summed E-state index contributed by atoms with van der Waals surface area (Å²) in [5.41, 5.74) is 5.63. The minimum atomic E-state index is -0.426. The summed E-state index contributed by atoms with van der Waals surface area (Å²) in [6, 6.07) is 6.37. The number of benzene rings is 1. The molecule has 3 heterocycles. The van der Waals surface area contributed by atoms with Crippen molar-refractivity contribution in [2.45, 2.75) is 76.8 Å². The van der Waals surface area contributed by atoms with Crippen molar-refractivity contribution in [1.29, 1.82) is 0 Å². The number of hydrogen-bond acceptors (Lipinski definition) is 4. The molecule has 6 nitrogen and oxygen atoms in total. The average Bonchev–Trinajstić information content (AvgIpc) is 3.21. The highest BCUT2D eigenvalue weighted by Gasteiger charge is 2.56. The molecule has 31 heavy (non-hydrogen) atoms. The Morgan fingerprint density at radius 3 is 2.74 bits per heavy atom. The lowest BCUT2D eigenvalue weighted by atomic mass is 9.73. The van der Waals surface area contributed by atoms with Gasteiger partial charge >= 0.3 is 0 Å². The molecule has 0 radical (unpaired) electrons. The average molecular weight is 421 g/mol. The van der Waals surface area contributed by atoms with Gasteiger partial charge in [0, 0.05) is 37.4 Å². The number of aromatic nitrogens is 2. The van der Waals surface area contributed by atoms with Crippen molar-refractivity contribution in [2.75, 3.05) is 18.0 Å². The Kier molecular flexibility index (Phi) is 5.21. The molecule has 0 bridgehead atoms. The first-order valence-electron chi connectivity index (χ1n) is 11.7. The minimum Gasteiger partial charge on any atom is -0.330 e. The molecule has 2 aliphatic heterocycles. The van der Waals surface area contributed by atoms with Crippen molar-refractivity contribution < 1.29 is 9.59 Å². The number of nitrogens with zero attached hydrogens (tertiary/aromatic N) is 3. The van der Waals surface area contributed by atoms with Crippen molar-refractivity contribution in [3.05, 3.63) is 46.5 Å². The molecular weight excluding hydrogens is 388 g/mol. The summed E-state index contributed by atoms with van der Waals surface area (Å²) in [4.78, 5) is 31.6. The molecule has 1 amide bonds. The van der Waals surface area contributed by atoms with Gasteiger partial charge in [-0.15, -0.1) is 0 Å². The first kappa shape index (κ1) is 20.4. The molecule has 3 aliphatic rings. The molecule has 1 saturated heterocycles. The van der Waals surface area contributed by atoms with Crippen molar-refractivity contribution in [3.8, 4) is 0 Å². The summed E-state index contributed by atoms with van der Waals surface area (Å²) in [5, 5.41) is 3.35. The fraction of sp³-hybridized carbons (Fsp3) is 0.560. The lowest BCUT2D eigenvalue weighted by Crippen LogP contribution is -2.62. The Hall–Kier alpha value is -2.47. The number of anilines is 1. The number of aldehydes is 1. The fourth-order valence-electron chi connectivity index (χ4n) is 5.64. The fourth-order valence-corrected chi connectivity index (χ4v) is 5.64. The van der Waals surface area contributed by atoms with Crippen LogP contribution in [0.5, 0.6) is 0 Å². The number of nitrogens with one attached hydrogen (secondary N) is 1. The third kappa shape index (κ3) is 3.15. The van der Waals surface area contributed by atoms with Gasteiger partial charge in [-0.05, 0) is 55.2 Å². The minimum absolute atomic E-state index is 0.203. The maximum Gasteiger partial charge on any atom is 0.240 e. The van der Waals surface area contributed by atoms with Crippen LogP contribution in [0.15, 0.2) is 18.2 Å². The van der Waals surface area contributed by atoms with E-state index in [0.29, 0.717) is 32.0 Å². The second kappa shape index (κ2) is 7.90. The summed E-state index contributed by atoms with van der Waals surface area (Å²) in [6.45, 7) is 7.13. The Bertz CT molecular complexity index is 1020. The molecule has 1 fully saturated rings. The Balaban J connectivity index is 1.54. The molecule has 5 rings (SSSR count). The Morgan fingerprint density at radius 2 is 2.03 bits per heavy atom. The lowest BCUT2D eigenvalue weighted by Gasteiger charge is -2.39.